The summed E-state index contributed by atoms with van der Waals surface area (Å²) in [5, 5.41) is 3.31. The zero-order valence-corrected chi connectivity index (χ0v) is 11.9. The van der Waals surface area contributed by atoms with Gasteiger partial charge in [-0.25, -0.2) is 0 Å². The highest BCUT2D eigenvalue weighted by atomic mass is 32.1. The third-order valence-electron chi connectivity index (χ3n) is 3.47. The quantitative estimate of drug-likeness (QED) is 0.559. The van der Waals surface area contributed by atoms with Crippen LogP contribution in [0.4, 0.5) is 0 Å². The Balaban J connectivity index is 1.84. The van der Waals surface area contributed by atoms with Gasteiger partial charge in [0.05, 0.1) is 5.52 Å². The van der Waals surface area contributed by atoms with Gasteiger partial charge in [0.2, 0.25) is 0 Å². The number of rotatable bonds is 5. The molecule has 4 heteroatoms. The number of nitrogens with zero attached hydrogens (tertiary/aromatic N) is 1. The minimum Gasteiger partial charge on any atom is -0.271 e. The van der Waals surface area contributed by atoms with Crippen LogP contribution in [0.2, 0.25) is 0 Å². The van der Waals surface area contributed by atoms with Gasteiger partial charge in [0, 0.05) is 22.5 Å². The van der Waals surface area contributed by atoms with Gasteiger partial charge in [-0.15, -0.1) is 11.3 Å². The Morgan fingerprint density at radius 3 is 2.80 bits per heavy atom. The molecule has 3 rings (SSSR count). The smallest absolute Gasteiger partial charge is 0.0704 e. The third-order valence-corrected chi connectivity index (χ3v) is 4.37. The van der Waals surface area contributed by atoms with Gasteiger partial charge in [-0.2, -0.15) is 0 Å². The van der Waals surface area contributed by atoms with E-state index < -0.39 is 0 Å². The molecule has 20 heavy (non-hydrogen) atoms. The van der Waals surface area contributed by atoms with Crippen LogP contribution < -0.4 is 11.3 Å². The lowest BCUT2D eigenvalue weighted by atomic mass is 10.00. The van der Waals surface area contributed by atoms with Crippen LogP contribution in [0.1, 0.15) is 10.4 Å². The molecule has 0 fully saturated rings. The number of nitrogens with two attached hydrogens (primary N) is 1. The molecule has 2 aromatic heterocycles. The lowest BCUT2D eigenvalue weighted by molar-refractivity contribution is 0.527. The molecule has 0 bridgehead atoms. The maximum atomic E-state index is 5.72. The van der Waals surface area contributed by atoms with Crippen molar-refractivity contribution in [1.29, 1.82) is 0 Å². The monoisotopic (exact) mass is 283 g/mol. The molecule has 3 nitrogen and oxygen atoms in total. The van der Waals surface area contributed by atoms with Crippen LogP contribution in [-0.4, -0.2) is 11.0 Å². The zero-order valence-electron chi connectivity index (χ0n) is 11.1. The van der Waals surface area contributed by atoms with Crippen molar-refractivity contribution in [2.75, 3.05) is 0 Å². The number of hydrazine groups is 1. The van der Waals surface area contributed by atoms with Gasteiger partial charge in [-0.1, -0.05) is 24.3 Å². The standard InChI is InChI=1S/C16H17N3S/c17-19-13(11-14-4-3-9-20-14)10-12-7-8-18-16-6-2-1-5-15(12)16/h1-9,13,19H,10-11,17H2. The number of hydrogen-bond acceptors (Lipinski definition) is 4. The zero-order chi connectivity index (χ0) is 13.8. The molecule has 0 aliphatic heterocycles. The molecule has 0 spiro atoms. The Bertz CT molecular complexity index is 674. The van der Waals surface area contributed by atoms with E-state index in [1.54, 1.807) is 11.3 Å². The number of hydrogen-bond donors (Lipinski definition) is 2. The Labute approximate surface area is 122 Å². The highest BCUT2D eigenvalue weighted by molar-refractivity contribution is 7.09. The van der Waals surface area contributed by atoms with E-state index in [9.17, 15) is 0 Å². The SMILES string of the molecule is NNC(Cc1cccs1)Cc1ccnc2ccccc12. The average Bonchev–Trinajstić information content (AvgIpc) is 3.00. The molecular weight excluding hydrogens is 266 g/mol. The highest BCUT2D eigenvalue weighted by Crippen LogP contribution is 2.19. The van der Waals surface area contributed by atoms with Crippen molar-refractivity contribution < 1.29 is 0 Å². The Kier molecular flexibility index (Phi) is 4.06. The molecule has 3 N–H and O–H groups in total. The lowest BCUT2D eigenvalue weighted by Gasteiger charge is -2.16. The summed E-state index contributed by atoms with van der Waals surface area (Å²) in [6, 6.07) is 14.8. The van der Waals surface area contributed by atoms with E-state index >= 15 is 0 Å². The fourth-order valence-corrected chi connectivity index (χ4v) is 3.25. The molecule has 0 amide bonds. The van der Waals surface area contributed by atoms with Crippen molar-refractivity contribution in [3.8, 4) is 0 Å². The van der Waals surface area contributed by atoms with E-state index in [2.05, 4.69) is 46.1 Å². The van der Waals surface area contributed by atoms with E-state index in [0.717, 1.165) is 18.4 Å². The van der Waals surface area contributed by atoms with Gasteiger partial charge in [-0.3, -0.25) is 16.3 Å². The Hall–Kier alpha value is -1.75. The normalized spacial score (nSPS) is 12.7. The maximum Gasteiger partial charge on any atom is 0.0704 e. The van der Waals surface area contributed by atoms with Crippen LogP contribution >= 0.6 is 11.3 Å². The molecule has 0 saturated heterocycles. The summed E-state index contributed by atoms with van der Waals surface area (Å²) in [6.45, 7) is 0. The number of para-hydroxylation sites is 1. The number of aromatic nitrogens is 1. The van der Waals surface area contributed by atoms with E-state index in [-0.39, 0.29) is 6.04 Å². The predicted molar refractivity (Wildman–Crippen MR) is 84.6 cm³/mol. The second-order valence-electron chi connectivity index (χ2n) is 4.84. The van der Waals surface area contributed by atoms with Crippen molar-refractivity contribution >= 4 is 22.2 Å². The number of benzene rings is 1. The van der Waals surface area contributed by atoms with Gasteiger partial charge in [0.25, 0.3) is 0 Å². The van der Waals surface area contributed by atoms with Gasteiger partial charge < -0.3 is 0 Å². The van der Waals surface area contributed by atoms with Crippen LogP contribution in [0.3, 0.4) is 0 Å². The maximum absolute atomic E-state index is 5.72. The lowest BCUT2D eigenvalue weighted by Crippen LogP contribution is -2.38. The summed E-state index contributed by atoms with van der Waals surface area (Å²) < 4.78 is 0. The van der Waals surface area contributed by atoms with Crippen LogP contribution in [0.15, 0.2) is 54.0 Å². The Morgan fingerprint density at radius 1 is 1.10 bits per heavy atom. The highest BCUT2D eigenvalue weighted by Gasteiger charge is 2.11. The molecule has 102 valence electrons. The number of pyridine rings is 1. The molecule has 1 unspecified atom stereocenters. The summed E-state index contributed by atoms with van der Waals surface area (Å²) in [4.78, 5) is 5.75. The first kappa shape index (κ1) is 13.2. The minimum atomic E-state index is 0.236. The van der Waals surface area contributed by atoms with E-state index in [1.807, 2.05) is 18.3 Å². The van der Waals surface area contributed by atoms with Crippen LogP contribution in [0.25, 0.3) is 10.9 Å². The van der Waals surface area contributed by atoms with Crippen molar-refractivity contribution in [2.24, 2.45) is 5.84 Å². The molecule has 0 aliphatic rings. The molecule has 1 atom stereocenters. The van der Waals surface area contributed by atoms with Crippen LogP contribution in [0, 0.1) is 0 Å². The molecule has 0 aliphatic carbocycles. The molecule has 0 radical (unpaired) electrons. The van der Waals surface area contributed by atoms with E-state index in [1.165, 1.54) is 15.8 Å². The molecule has 1 aromatic carbocycles. The summed E-state index contributed by atoms with van der Waals surface area (Å²) in [5.41, 5.74) is 5.27. The topological polar surface area (TPSA) is 50.9 Å². The summed E-state index contributed by atoms with van der Waals surface area (Å²) in [7, 11) is 0. The minimum absolute atomic E-state index is 0.236. The first-order valence-corrected chi connectivity index (χ1v) is 7.56. The van der Waals surface area contributed by atoms with Crippen molar-refractivity contribution in [3.05, 3.63) is 64.5 Å². The van der Waals surface area contributed by atoms with Gasteiger partial charge in [-0.05, 0) is 42.0 Å². The van der Waals surface area contributed by atoms with Gasteiger partial charge in [0.15, 0.2) is 0 Å². The first-order chi connectivity index (χ1) is 9.86. The van der Waals surface area contributed by atoms with Crippen molar-refractivity contribution in [2.45, 2.75) is 18.9 Å². The number of fused-ring (bicyclic) bond motifs is 1. The summed E-state index contributed by atoms with van der Waals surface area (Å²) in [5.74, 6) is 5.72. The fourth-order valence-electron chi connectivity index (χ4n) is 2.46. The second-order valence-corrected chi connectivity index (χ2v) is 5.87. The molecule has 2 heterocycles. The number of nitrogens with one attached hydrogen (secondary N) is 1. The van der Waals surface area contributed by atoms with Gasteiger partial charge in [0.1, 0.15) is 0 Å². The fraction of sp³-hybridized carbons (Fsp3) is 0.188. The van der Waals surface area contributed by atoms with Crippen molar-refractivity contribution in [3.63, 3.8) is 0 Å². The summed E-state index contributed by atoms with van der Waals surface area (Å²) >= 11 is 1.77. The van der Waals surface area contributed by atoms with Crippen LogP contribution in [-0.2, 0) is 12.8 Å². The van der Waals surface area contributed by atoms with Gasteiger partial charge >= 0.3 is 0 Å². The number of thiophene rings is 1. The van der Waals surface area contributed by atoms with E-state index in [0.29, 0.717) is 0 Å². The third kappa shape index (κ3) is 2.88. The van der Waals surface area contributed by atoms with Crippen LogP contribution in [0.5, 0.6) is 0 Å². The largest absolute Gasteiger partial charge is 0.271 e. The molecular formula is C16H17N3S. The Morgan fingerprint density at radius 2 is 2.00 bits per heavy atom. The predicted octanol–water partition coefficient (Wildman–Crippen LogP) is 2.91. The first-order valence-electron chi connectivity index (χ1n) is 6.68. The molecule has 0 saturated carbocycles. The van der Waals surface area contributed by atoms with Crippen molar-refractivity contribution in [1.82, 2.24) is 10.4 Å². The molecule has 3 aromatic rings. The second kappa shape index (κ2) is 6.13. The average molecular weight is 283 g/mol. The van der Waals surface area contributed by atoms with E-state index in [4.69, 9.17) is 5.84 Å². The summed E-state index contributed by atoms with van der Waals surface area (Å²) in [6.07, 6.45) is 3.72.